The molecule has 27 heavy (non-hydrogen) atoms. The number of carbonyl (C=O) groups excluding carboxylic acids is 3. The molecule has 1 aromatic heterocycles. The first-order valence-corrected chi connectivity index (χ1v) is 8.17. The van der Waals surface area contributed by atoms with Gasteiger partial charge < -0.3 is 14.8 Å². The van der Waals surface area contributed by atoms with E-state index in [-0.39, 0.29) is 34.9 Å². The average molecular weight is 362 g/mol. The minimum Gasteiger partial charge on any atom is -0.508 e. The molecule has 0 atom stereocenters. The number of carbonyl (C=O) groups is 3. The maximum Gasteiger partial charge on any atom is 0.266 e. The normalized spacial score (nSPS) is 13.0. The second-order valence-electron chi connectivity index (χ2n) is 5.98. The van der Waals surface area contributed by atoms with Gasteiger partial charge in [0, 0.05) is 5.56 Å². The Hall–Kier alpha value is -3.87. The summed E-state index contributed by atoms with van der Waals surface area (Å²) in [5.41, 5.74) is 1.02. The molecule has 2 heterocycles. The summed E-state index contributed by atoms with van der Waals surface area (Å²) < 4.78 is 5.16. The number of rotatable bonds is 4. The predicted molar refractivity (Wildman–Crippen MR) is 95.6 cm³/mol. The van der Waals surface area contributed by atoms with Crippen molar-refractivity contribution >= 4 is 23.4 Å². The molecule has 4 rings (SSSR count). The Morgan fingerprint density at radius 2 is 1.74 bits per heavy atom. The summed E-state index contributed by atoms with van der Waals surface area (Å²) in [6, 6.07) is 13.6. The summed E-state index contributed by atoms with van der Waals surface area (Å²) in [5, 5.41) is 12.1. The summed E-state index contributed by atoms with van der Waals surface area (Å²) >= 11 is 0. The number of anilines is 1. The molecule has 2 aromatic carbocycles. The highest BCUT2D eigenvalue weighted by molar-refractivity contribution is 6.34. The molecule has 0 fully saturated rings. The molecule has 0 spiro atoms. The van der Waals surface area contributed by atoms with E-state index in [1.165, 1.54) is 48.7 Å². The van der Waals surface area contributed by atoms with E-state index in [4.69, 9.17) is 4.42 Å². The largest absolute Gasteiger partial charge is 0.508 e. The van der Waals surface area contributed by atoms with Gasteiger partial charge in [-0.25, -0.2) is 4.90 Å². The quantitative estimate of drug-likeness (QED) is 0.695. The molecule has 7 heteroatoms. The molecule has 0 saturated carbocycles. The Kier molecular flexibility index (Phi) is 3.97. The number of imide groups is 1. The average Bonchev–Trinajstić information content (AvgIpc) is 3.28. The SMILES string of the molecule is O=C(NCc1ccco1)c1ccc2c(c1)C(=O)N(c1ccc(O)cc1)C2=O. The predicted octanol–water partition coefficient (Wildman–Crippen LogP) is 2.72. The number of phenolic OH excluding ortho intramolecular Hbond substituents is 1. The Morgan fingerprint density at radius 1 is 1.00 bits per heavy atom. The molecule has 0 radical (unpaired) electrons. The van der Waals surface area contributed by atoms with Crippen LogP contribution in [0.5, 0.6) is 5.75 Å². The van der Waals surface area contributed by atoms with Crippen molar-refractivity contribution in [1.29, 1.82) is 0 Å². The smallest absolute Gasteiger partial charge is 0.266 e. The van der Waals surface area contributed by atoms with Crippen LogP contribution in [0.25, 0.3) is 0 Å². The monoisotopic (exact) mass is 362 g/mol. The van der Waals surface area contributed by atoms with Gasteiger partial charge in [-0.3, -0.25) is 14.4 Å². The first kappa shape index (κ1) is 16.6. The maximum atomic E-state index is 12.7. The van der Waals surface area contributed by atoms with E-state index in [1.807, 2.05) is 0 Å². The molecule has 3 aromatic rings. The minimum absolute atomic E-state index is 0.0332. The summed E-state index contributed by atoms with van der Waals surface area (Å²) in [6.45, 7) is 0.218. The number of amides is 3. The lowest BCUT2D eigenvalue weighted by Gasteiger charge is -2.13. The van der Waals surface area contributed by atoms with E-state index < -0.39 is 11.8 Å². The highest BCUT2D eigenvalue weighted by Gasteiger charge is 2.37. The maximum absolute atomic E-state index is 12.7. The summed E-state index contributed by atoms with van der Waals surface area (Å²) in [6.07, 6.45) is 1.51. The van der Waals surface area contributed by atoms with E-state index in [9.17, 15) is 19.5 Å². The number of hydrogen-bond donors (Lipinski definition) is 2. The number of aromatic hydroxyl groups is 1. The lowest BCUT2D eigenvalue weighted by atomic mass is 10.1. The standard InChI is InChI=1S/C20H14N2O5/c23-14-6-4-13(5-7-14)22-19(25)16-8-3-12(10-17(16)20(22)26)18(24)21-11-15-2-1-9-27-15/h1-10,23H,11H2,(H,21,24). The van der Waals surface area contributed by atoms with Gasteiger partial charge in [0.15, 0.2) is 0 Å². The number of furan rings is 1. The van der Waals surface area contributed by atoms with Crippen molar-refractivity contribution in [3.8, 4) is 5.75 Å². The number of nitrogens with zero attached hydrogens (tertiary/aromatic N) is 1. The van der Waals surface area contributed by atoms with Crippen LogP contribution in [0, 0.1) is 0 Å². The Morgan fingerprint density at radius 3 is 2.44 bits per heavy atom. The van der Waals surface area contributed by atoms with Gasteiger partial charge in [0.05, 0.1) is 29.6 Å². The van der Waals surface area contributed by atoms with Crippen molar-refractivity contribution in [1.82, 2.24) is 5.32 Å². The molecule has 0 unspecified atom stereocenters. The fraction of sp³-hybridized carbons (Fsp3) is 0.0500. The Balaban J connectivity index is 1.58. The van der Waals surface area contributed by atoms with Crippen molar-refractivity contribution in [2.75, 3.05) is 4.90 Å². The van der Waals surface area contributed by atoms with E-state index in [0.29, 0.717) is 11.4 Å². The van der Waals surface area contributed by atoms with Crippen LogP contribution in [0.4, 0.5) is 5.69 Å². The number of hydrogen-bond acceptors (Lipinski definition) is 5. The highest BCUT2D eigenvalue weighted by atomic mass is 16.3. The van der Waals surface area contributed by atoms with Crippen molar-refractivity contribution < 1.29 is 23.9 Å². The fourth-order valence-electron chi connectivity index (χ4n) is 2.90. The first-order valence-electron chi connectivity index (χ1n) is 8.17. The van der Waals surface area contributed by atoms with Crippen LogP contribution in [-0.2, 0) is 6.54 Å². The summed E-state index contributed by atoms with van der Waals surface area (Å²) in [7, 11) is 0. The number of fused-ring (bicyclic) bond motifs is 1. The molecule has 1 aliphatic heterocycles. The summed E-state index contributed by atoms with van der Waals surface area (Å²) in [4.78, 5) is 38.6. The number of phenols is 1. The van der Waals surface area contributed by atoms with Crippen LogP contribution in [0.3, 0.4) is 0 Å². The zero-order valence-electron chi connectivity index (χ0n) is 14.0. The molecule has 134 valence electrons. The lowest BCUT2D eigenvalue weighted by molar-refractivity contribution is 0.0923. The molecule has 0 aliphatic carbocycles. The van der Waals surface area contributed by atoms with Crippen molar-refractivity contribution in [2.45, 2.75) is 6.54 Å². The van der Waals surface area contributed by atoms with Gasteiger partial charge in [-0.05, 0) is 54.6 Å². The first-order chi connectivity index (χ1) is 13.0. The van der Waals surface area contributed by atoms with E-state index in [1.54, 1.807) is 12.1 Å². The van der Waals surface area contributed by atoms with Gasteiger partial charge in [0.1, 0.15) is 11.5 Å². The van der Waals surface area contributed by atoms with E-state index >= 15 is 0 Å². The Labute approximate surface area is 153 Å². The zero-order chi connectivity index (χ0) is 19.0. The van der Waals surface area contributed by atoms with Crippen molar-refractivity contribution in [3.05, 3.63) is 83.3 Å². The van der Waals surface area contributed by atoms with Gasteiger partial charge in [0.2, 0.25) is 0 Å². The molecular formula is C20H14N2O5. The van der Waals surface area contributed by atoms with Crippen LogP contribution in [0.2, 0.25) is 0 Å². The molecule has 7 nitrogen and oxygen atoms in total. The van der Waals surface area contributed by atoms with Crippen molar-refractivity contribution in [3.63, 3.8) is 0 Å². The third kappa shape index (κ3) is 2.95. The number of benzene rings is 2. The molecule has 2 N–H and O–H groups in total. The van der Waals surface area contributed by atoms with Gasteiger partial charge >= 0.3 is 0 Å². The summed E-state index contributed by atoms with van der Waals surface area (Å²) in [5.74, 6) is -0.720. The van der Waals surface area contributed by atoms with E-state index in [0.717, 1.165) is 4.90 Å². The Bertz CT molecular complexity index is 1040. The third-order valence-electron chi connectivity index (χ3n) is 4.26. The molecular weight excluding hydrogens is 348 g/mol. The van der Waals surface area contributed by atoms with Crippen molar-refractivity contribution in [2.24, 2.45) is 0 Å². The molecule has 3 amide bonds. The van der Waals surface area contributed by atoms with Crippen LogP contribution < -0.4 is 10.2 Å². The number of nitrogens with one attached hydrogen (secondary N) is 1. The second kappa shape index (κ2) is 6.45. The minimum atomic E-state index is -0.513. The lowest BCUT2D eigenvalue weighted by Crippen LogP contribution is -2.29. The van der Waals surface area contributed by atoms with Crippen LogP contribution >= 0.6 is 0 Å². The third-order valence-corrected chi connectivity index (χ3v) is 4.26. The van der Waals surface area contributed by atoms with Gasteiger partial charge in [-0.1, -0.05) is 0 Å². The molecule has 0 saturated heterocycles. The topological polar surface area (TPSA) is 99.8 Å². The zero-order valence-corrected chi connectivity index (χ0v) is 14.0. The van der Waals surface area contributed by atoms with Crippen LogP contribution in [-0.4, -0.2) is 22.8 Å². The van der Waals surface area contributed by atoms with Crippen LogP contribution in [0.1, 0.15) is 36.8 Å². The molecule has 1 aliphatic rings. The second-order valence-corrected chi connectivity index (χ2v) is 5.98. The molecule has 0 bridgehead atoms. The van der Waals surface area contributed by atoms with E-state index in [2.05, 4.69) is 5.32 Å². The van der Waals surface area contributed by atoms with Gasteiger partial charge in [-0.15, -0.1) is 0 Å². The van der Waals surface area contributed by atoms with Gasteiger partial charge in [0.25, 0.3) is 17.7 Å². The highest BCUT2D eigenvalue weighted by Crippen LogP contribution is 2.30. The van der Waals surface area contributed by atoms with Gasteiger partial charge in [-0.2, -0.15) is 0 Å². The fourth-order valence-corrected chi connectivity index (χ4v) is 2.90. The van der Waals surface area contributed by atoms with Crippen LogP contribution in [0.15, 0.2) is 65.3 Å².